The van der Waals surface area contributed by atoms with E-state index in [-0.39, 0.29) is 30.3 Å². The molecule has 1 atom stereocenters. The maximum absolute atomic E-state index is 13.5. The summed E-state index contributed by atoms with van der Waals surface area (Å²) in [5, 5.41) is 5.96. The molecule has 1 aliphatic heterocycles. The van der Waals surface area contributed by atoms with Gasteiger partial charge < -0.3 is 19.5 Å². The molecule has 6 nitrogen and oxygen atoms in total. The Labute approximate surface area is 191 Å². The second-order valence-corrected chi connectivity index (χ2v) is 9.50. The predicted molar refractivity (Wildman–Crippen MR) is 123 cm³/mol. The highest BCUT2D eigenvalue weighted by atomic mass is 32.1. The molecule has 170 valence electrons. The molecule has 1 aromatic carbocycles. The van der Waals surface area contributed by atoms with E-state index in [1.165, 1.54) is 12.1 Å². The molecule has 3 heterocycles. The van der Waals surface area contributed by atoms with Crippen molar-refractivity contribution in [1.29, 1.82) is 0 Å². The summed E-state index contributed by atoms with van der Waals surface area (Å²) in [6, 6.07) is 9.92. The molecule has 0 fully saturated rings. The Balaban J connectivity index is 1.58. The maximum Gasteiger partial charge on any atom is 0.271 e. The van der Waals surface area contributed by atoms with Crippen molar-refractivity contribution in [1.82, 2.24) is 14.8 Å². The number of halogens is 1. The standard InChI is InChI=1S/C24H28FN3O3S/c1-16(2)31-11-4-10-28-21(29)20-13-18-9-12-32-22(18)27(20)15-24(28,3)23(30)26-14-17-5-7-19(25)8-6-17/h5-9,12-13,16H,4,10-11,14-15H2,1-3H3,(H,26,30). The van der Waals surface area contributed by atoms with Crippen LogP contribution in [0.3, 0.4) is 0 Å². The Morgan fingerprint density at radius 1 is 1.28 bits per heavy atom. The Kier molecular flexibility index (Phi) is 6.35. The largest absolute Gasteiger partial charge is 0.379 e. The average molecular weight is 458 g/mol. The molecule has 0 spiro atoms. The smallest absolute Gasteiger partial charge is 0.271 e. The molecule has 0 radical (unpaired) electrons. The van der Waals surface area contributed by atoms with Crippen LogP contribution in [-0.4, -0.2) is 46.1 Å². The van der Waals surface area contributed by atoms with Gasteiger partial charge in [0.2, 0.25) is 5.91 Å². The highest BCUT2D eigenvalue weighted by Gasteiger charge is 2.47. The van der Waals surface area contributed by atoms with Gasteiger partial charge in [-0.2, -0.15) is 0 Å². The van der Waals surface area contributed by atoms with Crippen molar-refractivity contribution >= 4 is 33.4 Å². The number of nitrogens with one attached hydrogen (secondary N) is 1. The molecule has 0 aliphatic carbocycles. The first-order valence-electron chi connectivity index (χ1n) is 10.8. The molecule has 8 heteroatoms. The van der Waals surface area contributed by atoms with Gasteiger partial charge in [-0.25, -0.2) is 4.39 Å². The summed E-state index contributed by atoms with van der Waals surface area (Å²) in [5.74, 6) is -0.701. The lowest BCUT2D eigenvalue weighted by Gasteiger charge is -2.44. The number of carbonyl (C=O) groups is 2. The zero-order chi connectivity index (χ0) is 22.9. The number of benzene rings is 1. The van der Waals surface area contributed by atoms with Gasteiger partial charge in [0.05, 0.1) is 12.6 Å². The number of rotatable bonds is 8. The molecule has 4 rings (SSSR count). The van der Waals surface area contributed by atoms with Crippen LogP contribution >= 0.6 is 11.3 Å². The van der Waals surface area contributed by atoms with Crippen molar-refractivity contribution in [2.75, 3.05) is 13.2 Å². The topological polar surface area (TPSA) is 63.6 Å². The van der Waals surface area contributed by atoms with Gasteiger partial charge in [0.1, 0.15) is 21.9 Å². The molecule has 0 saturated heterocycles. The molecule has 1 unspecified atom stereocenters. The van der Waals surface area contributed by atoms with Crippen molar-refractivity contribution in [2.24, 2.45) is 0 Å². The van der Waals surface area contributed by atoms with Crippen molar-refractivity contribution in [3.63, 3.8) is 0 Å². The second-order valence-electron chi connectivity index (χ2n) is 8.61. The molecule has 1 aliphatic rings. The van der Waals surface area contributed by atoms with E-state index in [0.717, 1.165) is 15.8 Å². The third-order valence-electron chi connectivity index (χ3n) is 5.86. The van der Waals surface area contributed by atoms with Crippen LogP contribution in [0.25, 0.3) is 10.2 Å². The number of hydrogen-bond acceptors (Lipinski definition) is 4. The maximum atomic E-state index is 13.5. The third-order valence-corrected chi connectivity index (χ3v) is 6.81. The van der Waals surface area contributed by atoms with Crippen molar-refractivity contribution in [2.45, 2.75) is 51.9 Å². The first-order valence-corrected chi connectivity index (χ1v) is 11.7. The van der Waals surface area contributed by atoms with E-state index in [2.05, 4.69) is 5.32 Å². The molecular weight excluding hydrogens is 429 g/mol. The van der Waals surface area contributed by atoms with E-state index < -0.39 is 5.54 Å². The van der Waals surface area contributed by atoms with Gasteiger partial charge in [0, 0.05) is 25.1 Å². The lowest BCUT2D eigenvalue weighted by Crippen LogP contribution is -2.64. The number of fused-ring (bicyclic) bond motifs is 3. The fourth-order valence-electron chi connectivity index (χ4n) is 4.12. The van der Waals surface area contributed by atoms with Crippen molar-refractivity contribution in [3.8, 4) is 0 Å². The molecule has 2 aromatic heterocycles. The molecule has 3 aromatic rings. The highest BCUT2D eigenvalue weighted by Crippen LogP contribution is 2.34. The van der Waals surface area contributed by atoms with Crippen LogP contribution in [0.15, 0.2) is 41.8 Å². The van der Waals surface area contributed by atoms with Gasteiger partial charge >= 0.3 is 0 Å². The number of thiophene rings is 1. The number of amides is 2. The van der Waals surface area contributed by atoms with E-state index in [1.807, 2.05) is 42.9 Å². The van der Waals surface area contributed by atoms with Gasteiger partial charge in [-0.15, -0.1) is 11.3 Å². The third kappa shape index (κ3) is 4.29. The normalized spacial score (nSPS) is 18.4. The summed E-state index contributed by atoms with van der Waals surface area (Å²) < 4.78 is 20.8. The minimum Gasteiger partial charge on any atom is -0.379 e. The molecule has 0 saturated carbocycles. The van der Waals surface area contributed by atoms with Crippen LogP contribution in [0.2, 0.25) is 0 Å². The summed E-state index contributed by atoms with van der Waals surface area (Å²) in [6.07, 6.45) is 0.751. The van der Waals surface area contributed by atoms with Gasteiger partial charge in [-0.1, -0.05) is 12.1 Å². The zero-order valence-electron chi connectivity index (χ0n) is 18.6. The molecule has 32 heavy (non-hydrogen) atoms. The van der Waals surface area contributed by atoms with Crippen LogP contribution in [-0.2, 0) is 22.6 Å². The second kappa shape index (κ2) is 9.03. The van der Waals surface area contributed by atoms with Gasteiger partial charge in [-0.05, 0) is 62.4 Å². The quantitative estimate of drug-likeness (QED) is 0.516. The van der Waals surface area contributed by atoms with Crippen LogP contribution < -0.4 is 5.32 Å². The number of nitrogens with zero attached hydrogens (tertiary/aromatic N) is 2. The van der Waals surface area contributed by atoms with Gasteiger partial charge in [0.25, 0.3) is 5.91 Å². The number of ether oxygens (including phenoxy) is 1. The van der Waals surface area contributed by atoms with Gasteiger partial charge in [-0.3, -0.25) is 9.59 Å². The monoisotopic (exact) mass is 457 g/mol. The van der Waals surface area contributed by atoms with Crippen molar-refractivity contribution < 1.29 is 18.7 Å². The summed E-state index contributed by atoms with van der Waals surface area (Å²) in [5.41, 5.74) is 0.350. The van der Waals surface area contributed by atoms with E-state index in [9.17, 15) is 14.0 Å². The van der Waals surface area contributed by atoms with Crippen LogP contribution in [0.5, 0.6) is 0 Å². The highest BCUT2D eigenvalue weighted by molar-refractivity contribution is 7.16. The van der Waals surface area contributed by atoms with Crippen LogP contribution in [0.1, 0.15) is 43.2 Å². The summed E-state index contributed by atoms with van der Waals surface area (Å²) in [6.45, 7) is 7.34. The minimum atomic E-state index is -1.06. The minimum absolute atomic E-state index is 0.112. The van der Waals surface area contributed by atoms with E-state index in [4.69, 9.17) is 4.74 Å². The van der Waals surface area contributed by atoms with Crippen LogP contribution in [0, 0.1) is 5.82 Å². The van der Waals surface area contributed by atoms with Gasteiger partial charge in [0.15, 0.2) is 0 Å². The first-order chi connectivity index (χ1) is 15.3. The van der Waals surface area contributed by atoms with E-state index in [0.29, 0.717) is 31.8 Å². The summed E-state index contributed by atoms with van der Waals surface area (Å²) in [4.78, 5) is 29.6. The Morgan fingerprint density at radius 2 is 2.03 bits per heavy atom. The lowest BCUT2D eigenvalue weighted by atomic mass is 9.94. The summed E-state index contributed by atoms with van der Waals surface area (Å²) >= 11 is 1.57. The molecular formula is C24H28FN3O3S. The predicted octanol–water partition coefficient (Wildman–Crippen LogP) is 4.19. The SMILES string of the molecule is CC(C)OCCCN1C(=O)c2cc3ccsc3n2CC1(C)C(=O)NCc1ccc(F)cc1. The van der Waals surface area contributed by atoms with Crippen LogP contribution in [0.4, 0.5) is 4.39 Å². The Morgan fingerprint density at radius 3 is 2.75 bits per heavy atom. The van der Waals surface area contributed by atoms with E-state index >= 15 is 0 Å². The molecule has 2 amide bonds. The Bertz CT molecular complexity index is 1120. The summed E-state index contributed by atoms with van der Waals surface area (Å²) in [7, 11) is 0. The zero-order valence-corrected chi connectivity index (χ0v) is 19.4. The lowest BCUT2D eigenvalue weighted by molar-refractivity contribution is -0.133. The fourth-order valence-corrected chi connectivity index (χ4v) is 5.02. The first kappa shape index (κ1) is 22.5. The van der Waals surface area contributed by atoms with Crippen molar-refractivity contribution in [3.05, 3.63) is 58.9 Å². The number of carbonyl (C=O) groups excluding carboxylic acids is 2. The molecule has 0 bridgehead atoms. The average Bonchev–Trinajstić information content (AvgIpc) is 3.34. The molecule has 1 N–H and O–H groups in total. The number of hydrogen-bond donors (Lipinski definition) is 1. The van der Waals surface area contributed by atoms with E-state index in [1.54, 1.807) is 28.4 Å². The number of aromatic nitrogens is 1. The fraction of sp³-hybridized carbons (Fsp3) is 0.417. The Hall–Kier alpha value is -2.71.